The van der Waals surface area contributed by atoms with E-state index in [1.54, 1.807) is 12.4 Å². The van der Waals surface area contributed by atoms with Crippen LogP contribution in [0.4, 0.5) is 0 Å². The van der Waals surface area contributed by atoms with Crippen molar-refractivity contribution in [3.05, 3.63) is 224 Å². The second kappa shape index (κ2) is 19.1. The van der Waals surface area contributed by atoms with Crippen molar-refractivity contribution in [2.75, 3.05) is 6.54 Å². The monoisotopic (exact) mass is 854 g/mol. The van der Waals surface area contributed by atoms with Crippen molar-refractivity contribution >= 4 is 37.9 Å². The number of hydrogen-bond donors (Lipinski definition) is 2. The molecule has 6 aromatic heterocycles. The number of nitrogens with zero attached hydrogens (tertiary/aromatic N) is 6. The summed E-state index contributed by atoms with van der Waals surface area (Å²) in [5.74, 6) is 0. The Kier molecular flexibility index (Phi) is 12.0. The molecule has 0 spiro atoms. The van der Waals surface area contributed by atoms with Crippen LogP contribution >= 0.6 is 0 Å². The van der Waals surface area contributed by atoms with Crippen molar-refractivity contribution in [3.63, 3.8) is 0 Å². The van der Waals surface area contributed by atoms with Gasteiger partial charge in [-0.15, -0.1) is 0 Å². The smallest absolute Gasteiger partial charge is 0.0886 e. The summed E-state index contributed by atoms with van der Waals surface area (Å²) in [5, 5.41) is 7.16. The van der Waals surface area contributed by atoms with Gasteiger partial charge in [-0.3, -0.25) is 29.9 Å². The third-order valence-electron chi connectivity index (χ3n) is 11.9. The van der Waals surface area contributed by atoms with Crippen LogP contribution in [0.5, 0.6) is 0 Å². The van der Waals surface area contributed by atoms with Gasteiger partial charge in [0.05, 0.1) is 28.5 Å². The summed E-state index contributed by atoms with van der Waals surface area (Å²) in [6, 6.07) is 48.4. The van der Waals surface area contributed by atoms with Crippen molar-refractivity contribution in [3.8, 4) is 56.3 Å². The molecule has 4 N–H and O–H groups in total. The van der Waals surface area contributed by atoms with Crippen molar-refractivity contribution in [1.82, 2.24) is 29.9 Å². The number of fused-ring (bicyclic) bond motifs is 6. The van der Waals surface area contributed by atoms with E-state index in [1.807, 2.05) is 79.5 Å². The molecule has 0 saturated carbocycles. The average molecular weight is 855 g/mol. The summed E-state index contributed by atoms with van der Waals surface area (Å²) < 4.78 is 0. The summed E-state index contributed by atoms with van der Waals surface area (Å²) >= 11 is 0. The number of allylic oxidation sites excluding steroid dienone is 4. The number of benzene rings is 4. The molecule has 0 aliphatic rings. The molecule has 0 aliphatic heterocycles. The predicted molar refractivity (Wildman–Crippen MR) is 271 cm³/mol. The number of pyridine rings is 6. The second-order valence-electron chi connectivity index (χ2n) is 16.1. The molecule has 10 aromatic rings. The molecule has 0 unspecified atom stereocenters. The van der Waals surface area contributed by atoms with Gasteiger partial charge in [-0.1, -0.05) is 91.0 Å². The molecule has 0 amide bonds. The van der Waals surface area contributed by atoms with Crippen LogP contribution in [0.2, 0.25) is 0 Å². The van der Waals surface area contributed by atoms with Crippen LogP contribution in [0, 0.1) is 0 Å². The van der Waals surface area contributed by atoms with Crippen LogP contribution in [0.15, 0.2) is 207 Å². The molecular weight excluding hydrogens is 809 g/mol. The van der Waals surface area contributed by atoms with E-state index in [4.69, 9.17) is 26.4 Å². The number of rotatable bonds is 13. The average Bonchev–Trinajstić information content (AvgIpc) is 3.39. The highest BCUT2D eigenvalue weighted by molar-refractivity contribution is 6.26. The van der Waals surface area contributed by atoms with Gasteiger partial charge in [-0.05, 0) is 147 Å². The first-order valence-electron chi connectivity index (χ1n) is 22.1. The normalized spacial score (nSPS) is 12.0. The lowest BCUT2D eigenvalue weighted by atomic mass is 9.90. The van der Waals surface area contributed by atoms with Gasteiger partial charge in [0, 0.05) is 77.7 Å². The maximum atomic E-state index is 6.28. The maximum Gasteiger partial charge on any atom is 0.0886 e. The van der Waals surface area contributed by atoms with Gasteiger partial charge < -0.3 is 11.5 Å². The van der Waals surface area contributed by atoms with Gasteiger partial charge in [0.25, 0.3) is 0 Å². The first-order valence-corrected chi connectivity index (χ1v) is 22.1. The van der Waals surface area contributed by atoms with Crippen LogP contribution < -0.4 is 11.5 Å². The lowest BCUT2D eigenvalue weighted by Gasteiger charge is -2.14. The van der Waals surface area contributed by atoms with E-state index < -0.39 is 0 Å². The van der Waals surface area contributed by atoms with E-state index in [0.29, 0.717) is 6.54 Å². The van der Waals surface area contributed by atoms with E-state index in [-0.39, 0.29) is 0 Å². The van der Waals surface area contributed by atoms with Crippen molar-refractivity contribution in [2.45, 2.75) is 19.3 Å². The molecule has 8 heteroatoms. The van der Waals surface area contributed by atoms with E-state index in [2.05, 4.69) is 130 Å². The molecule has 0 radical (unpaired) electrons. The van der Waals surface area contributed by atoms with Crippen LogP contribution in [0.3, 0.4) is 0 Å². The lowest BCUT2D eigenvalue weighted by Crippen LogP contribution is -1.95. The Balaban J connectivity index is 0.842. The van der Waals surface area contributed by atoms with Crippen LogP contribution in [-0.2, 0) is 12.8 Å². The Labute approximate surface area is 383 Å². The molecule has 8 nitrogen and oxygen atoms in total. The molecule has 66 heavy (non-hydrogen) atoms. The molecule has 0 fully saturated rings. The van der Waals surface area contributed by atoms with Crippen molar-refractivity contribution in [1.29, 1.82) is 0 Å². The maximum absolute atomic E-state index is 6.28. The van der Waals surface area contributed by atoms with Gasteiger partial charge in [0.15, 0.2) is 0 Å². The molecule has 6 heterocycles. The zero-order valence-corrected chi connectivity index (χ0v) is 36.3. The Hall–Kier alpha value is -8.46. The molecule has 0 atom stereocenters. The fourth-order valence-electron chi connectivity index (χ4n) is 8.38. The largest absolute Gasteiger partial charge is 0.404 e. The minimum atomic E-state index is 0.658. The quantitative estimate of drug-likeness (QED) is 0.0666. The van der Waals surface area contributed by atoms with Crippen LogP contribution in [-0.4, -0.2) is 36.4 Å². The summed E-state index contributed by atoms with van der Waals surface area (Å²) in [5.41, 5.74) is 25.3. The predicted octanol–water partition coefficient (Wildman–Crippen LogP) is 12.4. The van der Waals surface area contributed by atoms with Crippen molar-refractivity contribution < 1.29 is 0 Å². The standard InChI is InChI=1S/C58H46N8/c59-29-6-1-2-11-47-22-16-44(36-62-47)56-27-20-45(37-65-56)55-26-19-43(35-64-55)41-18-24-51-50-23-17-40(31-52(50)48-12-3-4-13-49(48)53(51)32-41)42(33-60)10-8-9-39-15-25-54(63-34-39)46-21-28-58(66-38-46)57-14-5-7-30-61-57/h1-5,7-8,10,12-28,30-38H,6,9,11,29,59-60H2/b2-1-,10-8-,42-33+. The molecule has 0 aliphatic carbocycles. The lowest BCUT2D eigenvalue weighted by molar-refractivity contribution is 0.996. The van der Waals surface area contributed by atoms with Crippen molar-refractivity contribution in [2.24, 2.45) is 11.5 Å². The van der Waals surface area contributed by atoms with Gasteiger partial charge in [-0.2, -0.15) is 0 Å². The Morgan fingerprint density at radius 3 is 1.61 bits per heavy atom. The fourth-order valence-corrected chi connectivity index (χ4v) is 8.38. The highest BCUT2D eigenvalue weighted by Gasteiger charge is 2.13. The third-order valence-corrected chi connectivity index (χ3v) is 11.9. The highest BCUT2D eigenvalue weighted by Crippen LogP contribution is 2.38. The molecule has 318 valence electrons. The van der Waals surface area contributed by atoms with E-state index in [0.717, 1.165) is 97.9 Å². The molecular formula is C58H46N8. The fraction of sp³-hybridized carbons (Fsp3) is 0.0690. The number of aromatic nitrogens is 6. The summed E-state index contributed by atoms with van der Waals surface area (Å²) in [7, 11) is 0. The number of nitrogens with two attached hydrogens (primary N) is 2. The number of hydrogen-bond acceptors (Lipinski definition) is 8. The van der Waals surface area contributed by atoms with Gasteiger partial charge in [0.1, 0.15) is 0 Å². The minimum absolute atomic E-state index is 0.658. The van der Waals surface area contributed by atoms with E-state index in [9.17, 15) is 0 Å². The second-order valence-corrected chi connectivity index (χ2v) is 16.1. The molecule has 4 aromatic carbocycles. The van der Waals surface area contributed by atoms with Crippen LogP contribution in [0.1, 0.15) is 23.2 Å². The Morgan fingerprint density at radius 2 is 1.00 bits per heavy atom. The first-order chi connectivity index (χ1) is 32.6. The zero-order chi connectivity index (χ0) is 44.7. The van der Waals surface area contributed by atoms with Gasteiger partial charge in [-0.25, -0.2) is 0 Å². The Bertz CT molecular complexity index is 3360. The highest BCUT2D eigenvalue weighted by atomic mass is 14.8. The van der Waals surface area contributed by atoms with E-state index >= 15 is 0 Å². The summed E-state index contributed by atoms with van der Waals surface area (Å²) in [4.78, 5) is 28.0. The SMILES string of the molecule is N/C=C(\C=C/Cc1ccc(-c2ccc(-c3ccccn3)nc2)nc1)c1ccc2c3ccc(-c4ccc(-c5ccc(-c6ccc(C/C=C\CCN)nc6)nc5)nc4)cc3c3ccccc3c2c1. The Morgan fingerprint density at radius 1 is 0.424 bits per heavy atom. The topological polar surface area (TPSA) is 129 Å². The zero-order valence-electron chi connectivity index (χ0n) is 36.3. The van der Waals surface area contributed by atoms with Gasteiger partial charge in [0.2, 0.25) is 0 Å². The first kappa shape index (κ1) is 41.5. The molecule has 10 rings (SSSR count). The third kappa shape index (κ3) is 8.86. The molecule has 0 saturated heterocycles. The summed E-state index contributed by atoms with van der Waals surface area (Å²) in [6.45, 7) is 0.658. The van der Waals surface area contributed by atoms with Crippen LogP contribution in [0.25, 0.3) is 94.2 Å². The molecule has 0 bridgehead atoms. The van der Waals surface area contributed by atoms with E-state index in [1.165, 1.54) is 32.3 Å². The minimum Gasteiger partial charge on any atom is -0.404 e. The van der Waals surface area contributed by atoms with Gasteiger partial charge >= 0.3 is 0 Å². The summed E-state index contributed by atoms with van der Waals surface area (Å²) in [6.07, 6.45) is 23.8.